The number of carbonyl (C=O) groups is 1. The van der Waals surface area contributed by atoms with E-state index in [0.717, 1.165) is 25.7 Å². The van der Waals surface area contributed by atoms with Crippen molar-refractivity contribution in [1.29, 1.82) is 0 Å². The molecule has 0 fully saturated rings. The van der Waals surface area contributed by atoms with Crippen molar-refractivity contribution in [3.63, 3.8) is 0 Å². The smallest absolute Gasteiger partial charge is 0.220 e. The van der Waals surface area contributed by atoms with E-state index in [4.69, 9.17) is 0 Å². The van der Waals surface area contributed by atoms with Gasteiger partial charge < -0.3 is 15.5 Å². The molecule has 1 amide bonds. The van der Waals surface area contributed by atoms with Crippen LogP contribution in [0.3, 0.4) is 0 Å². The summed E-state index contributed by atoms with van der Waals surface area (Å²) < 4.78 is 0. The van der Waals surface area contributed by atoms with E-state index in [-0.39, 0.29) is 12.5 Å². The van der Waals surface area contributed by atoms with Gasteiger partial charge in [-0.15, -0.1) is 0 Å². The van der Waals surface area contributed by atoms with Crippen molar-refractivity contribution in [3.8, 4) is 0 Å². The summed E-state index contributed by atoms with van der Waals surface area (Å²) >= 11 is 0. The lowest BCUT2D eigenvalue weighted by atomic mass is 10.0. The Hall–Kier alpha value is -1.13. The number of hydrogen-bond acceptors (Lipinski definition) is 3. The summed E-state index contributed by atoms with van der Waals surface area (Å²) in [6, 6.07) is -0.621. The van der Waals surface area contributed by atoms with Crippen LogP contribution in [-0.2, 0) is 4.79 Å². The van der Waals surface area contributed by atoms with Gasteiger partial charge in [0, 0.05) is 6.42 Å². The first-order chi connectivity index (χ1) is 25.2. The van der Waals surface area contributed by atoms with Gasteiger partial charge in [-0.05, 0) is 38.5 Å². The number of rotatable bonds is 42. The van der Waals surface area contributed by atoms with E-state index in [1.54, 1.807) is 6.08 Å². The van der Waals surface area contributed by atoms with Gasteiger partial charge in [0.2, 0.25) is 5.91 Å². The molecule has 0 heterocycles. The number of unbranched alkanes of at least 4 members (excludes halogenated alkanes) is 33. The number of aliphatic hydroxyl groups is 2. The molecule has 302 valence electrons. The van der Waals surface area contributed by atoms with Gasteiger partial charge >= 0.3 is 0 Å². The number of aliphatic hydroxyl groups excluding tert-OH is 2. The zero-order valence-electron chi connectivity index (χ0n) is 34.6. The fourth-order valence-electron chi connectivity index (χ4n) is 7.12. The van der Waals surface area contributed by atoms with Gasteiger partial charge in [0.05, 0.1) is 18.8 Å². The predicted octanol–water partition coefficient (Wildman–Crippen LogP) is 14.4. The highest BCUT2D eigenvalue weighted by Gasteiger charge is 2.17. The number of nitrogens with one attached hydrogen (secondary N) is 1. The normalized spacial score (nSPS) is 13.1. The van der Waals surface area contributed by atoms with Crippen molar-refractivity contribution in [1.82, 2.24) is 5.32 Å². The first-order valence-corrected chi connectivity index (χ1v) is 23.1. The fourth-order valence-corrected chi connectivity index (χ4v) is 7.12. The average Bonchev–Trinajstić information content (AvgIpc) is 3.13. The molecular weight excluding hydrogens is 627 g/mol. The Labute approximate surface area is 319 Å². The zero-order chi connectivity index (χ0) is 37.1. The molecule has 0 aromatic rings. The minimum Gasteiger partial charge on any atom is -0.394 e. The van der Waals surface area contributed by atoms with Crippen LogP contribution >= 0.6 is 0 Å². The molecule has 51 heavy (non-hydrogen) atoms. The molecule has 4 nitrogen and oxygen atoms in total. The molecule has 4 heteroatoms. The lowest BCUT2D eigenvalue weighted by Crippen LogP contribution is -2.45. The van der Waals surface area contributed by atoms with Crippen molar-refractivity contribution >= 4 is 5.91 Å². The van der Waals surface area contributed by atoms with Gasteiger partial charge in [0.25, 0.3) is 0 Å². The highest BCUT2D eigenvalue weighted by molar-refractivity contribution is 5.76. The van der Waals surface area contributed by atoms with Crippen LogP contribution < -0.4 is 5.32 Å². The third-order valence-electron chi connectivity index (χ3n) is 10.7. The summed E-state index contributed by atoms with van der Waals surface area (Å²) in [6.45, 7) is 4.27. The number of allylic oxidation sites excluding steroid dienone is 3. The van der Waals surface area contributed by atoms with Gasteiger partial charge in [-0.25, -0.2) is 0 Å². The summed E-state index contributed by atoms with van der Waals surface area (Å²) in [7, 11) is 0. The maximum Gasteiger partial charge on any atom is 0.220 e. The van der Waals surface area contributed by atoms with Crippen LogP contribution in [0.15, 0.2) is 24.3 Å². The standard InChI is InChI=1S/C47H91NO3/c1-3-5-7-9-11-13-15-17-18-19-20-21-22-23-24-25-26-27-28-29-31-33-35-37-39-41-43-47(51)48-45(44-49)46(50)42-40-38-36-34-32-30-16-14-12-10-8-6-4-2/h8,10,40,42,45-46,49-50H,3-7,9,11-39,41,43-44H2,1-2H3,(H,48,51)/b10-8-,42-40+/t45-,46+/m0/s1. The molecule has 0 saturated carbocycles. The molecule has 0 spiro atoms. The molecule has 0 saturated heterocycles. The third-order valence-corrected chi connectivity index (χ3v) is 10.7. The molecule has 0 aliphatic carbocycles. The highest BCUT2D eigenvalue weighted by Crippen LogP contribution is 2.16. The second-order valence-corrected chi connectivity index (χ2v) is 15.8. The van der Waals surface area contributed by atoms with Crippen LogP contribution in [-0.4, -0.2) is 34.9 Å². The molecule has 3 N–H and O–H groups in total. The second-order valence-electron chi connectivity index (χ2n) is 15.8. The van der Waals surface area contributed by atoms with E-state index in [9.17, 15) is 15.0 Å². The SMILES string of the molecule is CCC/C=C\CCCCCCCC/C=C/[C@@H](O)[C@H](CO)NC(=O)CCCCCCCCCCCCCCCCCCCCCCCCCCCC. The maximum absolute atomic E-state index is 12.4. The van der Waals surface area contributed by atoms with Crippen molar-refractivity contribution in [2.75, 3.05) is 6.61 Å². The van der Waals surface area contributed by atoms with Crippen molar-refractivity contribution in [2.45, 2.75) is 264 Å². The Bertz CT molecular complexity index is 735. The van der Waals surface area contributed by atoms with Crippen LogP contribution in [0.1, 0.15) is 251 Å². The maximum atomic E-state index is 12.4. The van der Waals surface area contributed by atoms with E-state index in [0.29, 0.717) is 6.42 Å². The van der Waals surface area contributed by atoms with Crippen molar-refractivity contribution in [2.24, 2.45) is 0 Å². The van der Waals surface area contributed by atoms with E-state index in [2.05, 4.69) is 31.3 Å². The first kappa shape index (κ1) is 49.9. The molecule has 0 aromatic carbocycles. The summed E-state index contributed by atoms with van der Waals surface area (Å²) in [5, 5.41) is 23.0. The minimum atomic E-state index is -0.839. The minimum absolute atomic E-state index is 0.0632. The van der Waals surface area contributed by atoms with Crippen molar-refractivity contribution < 1.29 is 15.0 Å². The molecular formula is C47H91NO3. The molecule has 0 radical (unpaired) electrons. The van der Waals surface area contributed by atoms with Gasteiger partial charge in [0.1, 0.15) is 0 Å². The number of amides is 1. The Kier molecular flexibility index (Phi) is 42.3. The Balaban J connectivity index is 3.46. The van der Waals surface area contributed by atoms with Crippen LogP contribution in [0.2, 0.25) is 0 Å². The Morgan fingerprint density at radius 3 is 1.16 bits per heavy atom. The monoisotopic (exact) mass is 718 g/mol. The molecule has 0 aliphatic heterocycles. The van der Waals surface area contributed by atoms with Crippen LogP contribution in [0.25, 0.3) is 0 Å². The highest BCUT2D eigenvalue weighted by atomic mass is 16.3. The topological polar surface area (TPSA) is 69.6 Å². The third kappa shape index (κ3) is 39.9. The Morgan fingerprint density at radius 2 is 0.784 bits per heavy atom. The molecule has 0 bridgehead atoms. The lowest BCUT2D eigenvalue weighted by molar-refractivity contribution is -0.123. The number of carbonyl (C=O) groups excluding carboxylic acids is 1. The largest absolute Gasteiger partial charge is 0.394 e. The van der Waals surface area contributed by atoms with E-state index >= 15 is 0 Å². The van der Waals surface area contributed by atoms with E-state index in [1.807, 2.05) is 6.08 Å². The second kappa shape index (κ2) is 43.3. The molecule has 2 atom stereocenters. The predicted molar refractivity (Wildman–Crippen MR) is 225 cm³/mol. The van der Waals surface area contributed by atoms with Gasteiger partial charge in [0.15, 0.2) is 0 Å². The lowest BCUT2D eigenvalue weighted by Gasteiger charge is -2.20. The van der Waals surface area contributed by atoms with E-state index in [1.165, 1.54) is 205 Å². The summed E-state index contributed by atoms with van der Waals surface area (Å²) in [4.78, 5) is 12.4. The number of hydrogen-bond donors (Lipinski definition) is 3. The average molecular weight is 718 g/mol. The molecule has 0 aliphatic rings. The van der Waals surface area contributed by atoms with Gasteiger partial charge in [-0.1, -0.05) is 231 Å². The molecule has 0 rings (SSSR count). The van der Waals surface area contributed by atoms with E-state index < -0.39 is 12.1 Å². The summed E-state index contributed by atoms with van der Waals surface area (Å²) in [6.07, 6.45) is 55.9. The summed E-state index contributed by atoms with van der Waals surface area (Å²) in [5.74, 6) is -0.0632. The Morgan fingerprint density at radius 1 is 0.451 bits per heavy atom. The van der Waals surface area contributed by atoms with Crippen LogP contribution in [0, 0.1) is 0 Å². The van der Waals surface area contributed by atoms with Crippen molar-refractivity contribution in [3.05, 3.63) is 24.3 Å². The molecule has 0 aromatic heterocycles. The first-order valence-electron chi connectivity index (χ1n) is 23.1. The van der Waals surface area contributed by atoms with Crippen LogP contribution in [0.4, 0.5) is 0 Å². The van der Waals surface area contributed by atoms with Gasteiger partial charge in [-0.2, -0.15) is 0 Å². The van der Waals surface area contributed by atoms with Gasteiger partial charge in [-0.3, -0.25) is 4.79 Å². The fraction of sp³-hybridized carbons (Fsp3) is 0.894. The zero-order valence-corrected chi connectivity index (χ0v) is 34.6. The molecule has 0 unspecified atom stereocenters. The van der Waals surface area contributed by atoms with Crippen LogP contribution in [0.5, 0.6) is 0 Å². The quantitative estimate of drug-likeness (QED) is 0.0435. The summed E-state index contributed by atoms with van der Waals surface area (Å²) in [5.41, 5.74) is 0.